The van der Waals surface area contributed by atoms with Crippen LogP contribution in [0.2, 0.25) is 0 Å². The van der Waals surface area contributed by atoms with E-state index < -0.39 is 5.97 Å². The maximum absolute atomic E-state index is 10.4. The molecule has 0 aliphatic rings. The van der Waals surface area contributed by atoms with Crippen molar-refractivity contribution in [2.24, 2.45) is 7.05 Å². The molecule has 0 saturated heterocycles. The number of hydrogen-bond acceptors (Lipinski definition) is 6. The Kier molecular flexibility index (Phi) is 2.91. The number of aliphatic carboxylic acids is 1. The molecule has 0 aliphatic heterocycles. The van der Waals surface area contributed by atoms with Gasteiger partial charge in [-0.1, -0.05) is 16.9 Å². The Labute approximate surface area is 94.5 Å². The monoisotopic (exact) mass is 240 g/mol. The fraction of sp³-hybridized carbons (Fsp3) is 0.250. The maximum atomic E-state index is 10.4. The lowest BCUT2D eigenvalue weighted by Crippen LogP contribution is -2.01. The van der Waals surface area contributed by atoms with E-state index in [2.05, 4.69) is 15.4 Å². The molecule has 2 heterocycles. The van der Waals surface area contributed by atoms with Crippen LogP contribution in [-0.2, 0) is 11.8 Å². The van der Waals surface area contributed by atoms with Crippen LogP contribution < -0.4 is 0 Å². The first-order valence-corrected chi connectivity index (χ1v) is 5.32. The van der Waals surface area contributed by atoms with E-state index in [0.29, 0.717) is 16.7 Å². The molecular formula is C8H8N4O3S. The van der Waals surface area contributed by atoms with Crippen LogP contribution in [0.5, 0.6) is 0 Å². The average Bonchev–Trinajstić information content (AvgIpc) is 2.84. The first kappa shape index (κ1) is 10.7. The van der Waals surface area contributed by atoms with Crippen LogP contribution >= 0.6 is 11.8 Å². The Balaban J connectivity index is 2.21. The third-order valence-corrected chi connectivity index (χ3v) is 2.83. The lowest BCUT2D eigenvalue weighted by atomic mass is 10.4. The van der Waals surface area contributed by atoms with Crippen molar-refractivity contribution in [2.45, 2.75) is 5.16 Å². The predicted octanol–water partition coefficient (Wildman–Crippen LogP) is 0.647. The van der Waals surface area contributed by atoms with Gasteiger partial charge in [-0.25, -0.2) is 0 Å². The highest BCUT2D eigenvalue weighted by atomic mass is 32.2. The van der Waals surface area contributed by atoms with Crippen LogP contribution in [0.15, 0.2) is 22.0 Å². The minimum Gasteiger partial charge on any atom is -0.481 e. The molecule has 0 saturated carbocycles. The summed E-state index contributed by atoms with van der Waals surface area (Å²) in [6, 6.07) is 1.66. The highest BCUT2D eigenvalue weighted by Crippen LogP contribution is 2.20. The normalized spacial score (nSPS) is 10.6. The van der Waals surface area contributed by atoms with Gasteiger partial charge < -0.3 is 14.2 Å². The molecule has 0 amide bonds. The molecule has 2 rings (SSSR count). The van der Waals surface area contributed by atoms with Gasteiger partial charge in [0.15, 0.2) is 16.7 Å². The van der Waals surface area contributed by atoms with E-state index in [9.17, 15) is 4.79 Å². The highest BCUT2D eigenvalue weighted by molar-refractivity contribution is 7.99. The summed E-state index contributed by atoms with van der Waals surface area (Å²) in [5.74, 6) is -0.400. The van der Waals surface area contributed by atoms with Gasteiger partial charge in [-0.2, -0.15) is 0 Å². The fourth-order valence-electron chi connectivity index (χ4n) is 1.12. The van der Waals surface area contributed by atoms with Gasteiger partial charge in [0.1, 0.15) is 6.26 Å². The van der Waals surface area contributed by atoms with Crippen LogP contribution in [0.4, 0.5) is 0 Å². The Morgan fingerprint density at radius 3 is 3.06 bits per heavy atom. The number of hydrogen-bond donors (Lipinski definition) is 1. The SMILES string of the molecule is Cn1c(SCC(=O)O)nnc1-c1ccon1. The Bertz CT molecular complexity index is 493. The van der Waals surface area contributed by atoms with Gasteiger partial charge in [-0.05, 0) is 0 Å². The van der Waals surface area contributed by atoms with Crippen molar-refractivity contribution in [3.8, 4) is 11.5 Å². The second-order valence-electron chi connectivity index (χ2n) is 2.93. The summed E-state index contributed by atoms with van der Waals surface area (Å²) in [4.78, 5) is 10.4. The smallest absolute Gasteiger partial charge is 0.313 e. The van der Waals surface area contributed by atoms with Gasteiger partial charge in [0.05, 0.1) is 5.75 Å². The molecule has 84 valence electrons. The lowest BCUT2D eigenvalue weighted by Gasteiger charge is -1.99. The number of nitrogens with zero attached hydrogens (tertiary/aromatic N) is 4. The van der Waals surface area contributed by atoms with E-state index >= 15 is 0 Å². The molecule has 0 aromatic carbocycles. The molecule has 1 N–H and O–H groups in total. The van der Waals surface area contributed by atoms with Crippen LogP contribution in [-0.4, -0.2) is 36.7 Å². The van der Waals surface area contributed by atoms with Gasteiger partial charge in [0.25, 0.3) is 0 Å². The summed E-state index contributed by atoms with van der Waals surface area (Å²) in [6.45, 7) is 0. The number of carbonyl (C=O) groups is 1. The van der Waals surface area contributed by atoms with Crippen molar-refractivity contribution in [3.63, 3.8) is 0 Å². The third kappa shape index (κ3) is 2.06. The highest BCUT2D eigenvalue weighted by Gasteiger charge is 2.14. The van der Waals surface area contributed by atoms with Crippen molar-refractivity contribution in [1.29, 1.82) is 0 Å². The largest absolute Gasteiger partial charge is 0.481 e. The average molecular weight is 240 g/mol. The molecule has 7 nitrogen and oxygen atoms in total. The van der Waals surface area contributed by atoms with Crippen LogP contribution in [0, 0.1) is 0 Å². The fourth-order valence-corrected chi connectivity index (χ4v) is 1.75. The number of carboxylic acid groups (broad SMARTS) is 1. The van der Waals surface area contributed by atoms with E-state index in [4.69, 9.17) is 9.63 Å². The van der Waals surface area contributed by atoms with Gasteiger partial charge in [-0.3, -0.25) is 4.79 Å². The topological polar surface area (TPSA) is 94.0 Å². The second-order valence-corrected chi connectivity index (χ2v) is 3.87. The van der Waals surface area contributed by atoms with Crippen LogP contribution in [0.25, 0.3) is 11.5 Å². The molecule has 0 spiro atoms. The summed E-state index contributed by atoms with van der Waals surface area (Å²) in [5.41, 5.74) is 0.567. The van der Waals surface area contributed by atoms with Crippen molar-refractivity contribution in [2.75, 3.05) is 5.75 Å². The quantitative estimate of drug-likeness (QED) is 0.784. The van der Waals surface area contributed by atoms with Gasteiger partial charge >= 0.3 is 5.97 Å². The summed E-state index contributed by atoms with van der Waals surface area (Å²) in [5, 5.41) is 20.6. The molecule has 2 aromatic heterocycles. The van der Waals surface area contributed by atoms with Gasteiger partial charge in [0.2, 0.25) is 0 Å². The van der Waals surface area contributed by atoms with Crippen LogP contribution in [0.1, 0.15) is 0 Å². The van der Waals surface area contributed by atoms with E-state index in [1.807, 2.05) is 0 Å². The molecule has 0 unspecified atom stereocenters. The first-order chi connectivity index (χ1) is 7.68. The molecule has 16 heavy (non-hydrogen) atoms. The third-order valence-electron chi connectivity index (χ3n) is 1.83. The van der Waals surface area contributed by atoms with Crippen LogP contribution in [0.3, 0.4) is 0 Å². The van der Waals surface area contributed by atoms with Gasteiger partial charge in [0, 0.05) is 13.1 Å². The molecule has 0 fully saturated rings. The second kappa shape index (κ2) is 4.35. The lowest BCUT2D eigenvalue weighted by molar-refractivity contribution is -0.133. The standard InChI is InChI=1S/C8H8N4O3S/c1-12-7(5-2-3-15-11-5)9-10-8(12)16-4-6(13)14/h2-3H,4H2,1H3,(H,13,14). The van der Waals surface area contributed by atoms with Crippen molar-refractivity contribution < 1.29 is 14.4 Å². The van der Waals surface area contributed by atoms with E-state index in [0.717, 1.165) is 11.8 Å². The Hall–Kier alpha value is -1.83. The molecular weight excluding hydrogens is 232 g/mol. The first-order valence-electron chi connectivity index (χ1n) is 4.33. The zero-order chi connectivity index (χ0) is 11.5. The van der Waals surface area contributed by atoms with E-state index in [-0.39, 0.29) is 5.75 Å². The number of carboxylic acids is 1. The number of thioether (sulfide) groups is 1. The Morgan fingerprint density at radius 1 is 1.62 bits per heavy atom. The number of rotatable bonds is 4. The zero-order valence-corrected chi connectivity index (χ0v) is 9.14. The maximum Gasteiger partial charge on any atom is 0.313 e. The predicted molar refractivity (Wildman–Crippen MR) is 54.9 cm³/mol. The molecule has 0 bridgehead atoms. The van der Waals surface area contributed by atoms with E-state index in [1.54, 1.807) is 17.7 Å². The van der Waals surface area contributed by atoms with Crippen molar-refractivity contribution >= 4 is 17.7 Å². The molecule has 0 radical (unpaired) electrons. The molecule has 2 aromatic rings. The Morgan fingerprint density at radius 2 is 2.44 bits per heavy atom. The van der Waals surface area contributed by atoms with Gasteiger partial charge in [-0.15, -0.1) is 10.2 Å². The minimum atomic E-state index is -0.893. The summed E-state index contributed by atoms with van der Waals surface area (Å²) < 4.78 is 6.37. The minimum absolute atomic E-state index is 0.0508. The van der Waals surface area contributed by atoms with Crippen molar-refractivity contribution in [3.05, 3.63) is 12.3 Å². The van der Waals surface area contributed by atoms with Crippen molar-refractivity contribution in [1.82, 2.24) is 19.9 Å². The summed E-state index contributed by atoms with van der Waals surface area (Å²) in [6.07, 6.45) is 1.44. The zero-order valence-electron chi connectivity index (χ0n) is 8.32. The number of aromatic nitrogens is 4. The molecule has 0 atom stereocenters. The van der Waals surface area contributed by atoms with E-state index in [1.165, 1.54) is 6.26 Å². The summed E-state index contributed by atoms with van der Waals surface area (Å²) in [7, 11) is 1.74. The molecule has 8 heteroatoms. The molecule has 0 aliphatic carbocycles. The summed E-state index contributed by atoms with van der Waals surface area (Å²) >= 11 is 1.10.